The van der Waals surface area contributed by atoms with E-state index in [0.29, 0.717) is 13.0 Å². The van der Waals surface area contributed by atoms with Crippen LogP contribution in [0.4, 0.5) is 0 Å². The van der Waals surface area contributed by atoms with Crippen molar-refractivity contribution in [2.75, 3.05) is 13.6 Å². The quantitative estimate of drug-likeness (QED) is 0.750. The van der Waals surface area contributed by atoms with Crippen LogP contribution in [-0.4, -0.2) is 30.3 Å². The van der Waals surface area contributed by atoms with Gasteiger partial charge in [0.1, 0.15) is 0 Å². The molecule has 22 heavy (non-hydrogen) atoms. The van der Waals surface area contributed by atoms with Crippen LogP contribution in [0.1, 0.15) is 38.2 Å². The number of rotatable bonds is 8. The Bertz CT molecular complexity index is 501. The van der Waals surface area contributed by atoms with E-state index in [1.165, 1.54) is 0 Å². The molecule has 4 nitrogen and oxygen atoms in total. The minimum atomic E-state index is -0.125. The Labute approximate surface area is 132 Å². The highest BCUT2D eigenvalue weighted by molar-refractivity contribution is 5.92. The minimum Gasteiger partial charge on any atom is -0.356 e. The summed E-state index contributed by atoms with van der Waals surface area (Å²) in [6.07, 6.45) is 3.98. The average molecular weight is 302 g/mol. The van der Waals surface area contributed by atoms with Crippen molar-refractivity contribution in [2.24, 2.45) is 11.8 Å². The van der Waals surface area contributed by atoms with Gasteiger partial charge in [0.05, 0.1) is 11.8 Å². The molecule has 0 heterocycles. The second kappa shape index (κ2) is 7.97. The van der Waals surface area contributed by atoms with E-state index in [1.807, 2.05) is 37.4 Å². The first-order valence-corrected chi connectivity index (χ1v) is 8.20. The van der Waals surface area contributed by atoms with Gasteiger partial charge in [-0.2, -0.15) is 0 Å². The predicted molar refractivity (Wildman–Crippen MR) is 87.0 cm³/mol. The molecular weight excluding hydrogens is 276 g/mol. The van der Waals surface area contributed by atoms with Gasteiger partial charge in [-0.25, -0.2) is 0 Å². The topological polar surface area (TPSA) is 49.4 Å². The Balaban J connectivity index is 1.74. The van der Waals surface area contributed by atoms with Crippen LogP contribution in [0.5, 0.6) is 0 Å². The number of carbonyl (C=O) groups is 2. The van der Waals surface area contributed by atoms with Gasteiger partial charge in [-0.15, -0.1) is 0 Å². The molecule has 1 aliphatic rings. The summed E-state index contributed by atoms with van der Waals surface area (Å²) in [5.74, 6) is -0.118. The lowest BCUT2D eigenvalue weighted by molar-refractivity contribution is -0.134. The highest BCUT2D eigenvalue weighted by Crippen LogP contribution is 2.40. The van der Waals surface area contributed by atoms with Gasteiger partial charge in [-0.05, 0) is 18.4 Å². The summed E-state index contributed by atoms with van der Waals surface area (Å²) in [7, 11) is 1.81. The first-order chi connectivity index (χ1) is 10.6. The van der Waals surface area contributed by atoms with Crippen molar-refractivity contribution in [1.82, 2.24) is 10.2 Å². The van der Waals surface area contributed by atoms with Crippen molar-refractivity contribution in [3.05, 3.63) is 35.9 Å². The van der Waals surface area contributed by atoms with Crippen LogP contribution >= 0.6 is 0 Å². The van der Waals surface area contributed by atoms with Crippen LogP contribution in [0.25, 0.3) is 0 Å². The summed E-state index contributed by atoms with van der Waals surface area (Å²) >= 11 is 0. The van der Waals surface area contributed by atoms with Gasteiger partial charge in [0.25, 0.3) is 0 Å². The van der Waals surface area contributed by atoms with Gasteiger partial charge >= 0.3 is 0 Å². The molecule has 0 bridgehead atoms. The van der Waals surface area contributed by atoms with E-state index in [9.17, 15) is 9.59 Å². The summed E-state index contributed by atoms with van der Waals surface area (Å²) in [4.78, 5) is 26.1. The lowest BCUT2D eigenvalue weighted by Gasteiger charge is -2.17. The molecular formula is C18H26N2O2. The molecule has 1 aromatic carbocycles. The van der Waals surface area contributed by atoms with Crippen molar-refractivity contribution in [3.63, 3.8) is 0 Å². The number of nitrogens with one attached hydrogen (secondary N) is 1. The summed E-state index contributed by atoms with van der Waals surface area (Å²) in [6, 6.07) is 9.92. The van der Waals surface area contributed by atoms with E-state index < -0.39 is 0 Å². The number of hydrogen-bond donors (Lipinski definition) is 1. The Kier molecular flexibility index (Phi) is 5.99. The zero-order valence-corrected chi connectivity index (χ0v) is 13.5. The molecule has 2 unspecified atom stereocenters. The van der Waals surface area contributed by atoms with Gasteiger partial charge in [0.2, 0.25) is 11.8 Å². The van der Waals surface area contributed by atoms with Gasteiger partial charge in [0, 0.05) is 20.1 Å². The van der Waals surface area contributed by atoms with Crippen LogP contribution in [0.2, 0.25) is 0 Å². The molecule has 0 aliphatic heterocycles. The molecule has 0 spiro atoms. The summed E-state index contributed by atoms with van der Waals surface area (Å²) in [6.45, 7) is 3.46. The number of unbranched alkanes of at least 4 members (excludes halogenated alkanes) is 2. The maximum Gasteiger partial charge on any atom is 0.226 e. The van der Waals surface area contributed by atoms with E-state index in [1.54, 1.807) is 4.90 Å². The SMILES string of the molecule is CCCCCNC(=O)C1CC1C(=O)N(C)Cc1ccccc1. The normalized spacial score (nSPS) is 19.5. The van der Waals surface area contributed by atoms with Crippen LogP contribution in [0, 0.1) is 11.8 Å². The fourth-order valence-electron chi connectivity index (χ4n) is 2.69. The van der Waals surface area contributed by atoms with Crippen LogP contribution in [0.3, 0.4) is 0 Å². The highest BCUT2D eigenvalue weighted by Gasteiger charge is 2.48. The molecule has 1 N–H and O–H groups in total. The van der Waals surface area contributed by atoms with Crippen molar-refractivity contribution in [2.45, 2.75) is 39.2 Å². The van der Waals surface area contributed by atoms with Gasteiger partial charge < -0.3 is 10.2 Å². The summed E-state index contributed by atoms with van der Waals surface area (Å²) < 4.78 is 0. The third-order valence-corrected chi connectivity index (χ3v) is 4.16. The standard InChI is InChI=1S/C18H26N2O2/c1-3-4-8-11-19-17(21)15-12-16(15)18(22)20(2)13-14-9-6-5-7-10-14/h5-7,9-10,15-16H,3-4,8,11-13H2,1-2H3,(H,19,21). The highest BCUT2D eigenvalue weighted by atomic mass is 16.2. The zero-order chi connectivity index (χ0) is 15.9. The van der Waals surface area contributed by atoms with Gasteiger partial charge in [-0.1, -0.05) is 50.1 Å². The third kappa shape index (κ3) is 4.58. The van der Waals surface area contributed by atoms with E-state index >= 15 is 0 Å². The van der Waals surface area contributed by atoms with Crippen LogP contribution < -0.4 is 5.32 Å². The second-order valence-electron chi connectivity index (χ2n) is 6.13. The molecule has 1 fully saturated rings. The first kappa shape index (κ1) is 16.5. The van der Waals surface area contributed by atoms with Crippen molar-refractivity contribution in [3.8, 4) is 0 Å². The number of hydrogen-bond acceptors (Lipinski definition) is 2. The lowest BCUT2D eigenvalue weighted by Crippen LogP contribution is -2.31. The Morgan fingerprint density at radius 1 is 1.18 bits per heavy atom. The lowest BCUT2D eigenvalue weighted by atomic mass is 10.2. The molecule has 1 aliphatic carbocycles. The smallest absolute Gasteiger partial charge is 0.226 e. The van der Waals surface area contributed by atoms with Crippen molar-refractivity contribution < 1.29 is 9.59 Å². The van der Waals surface area contributed by atoms with E-state index in [4.69, 9.17) is 0 Å². The van der Waals surface area contributed by atoms with Gasteiger partial charge in [0.15, 0.2) is 0 Å². The fourth-order valence-corrected chi connectivity index (χ4v) is 2.69. The van der Waals surface area contributed by atoms with Crippen LogP contribution in [0.15, 0.2) is 30.3 Å². The third-order valence-electron chi connectivity index (χ3n) is 4.16. The van der Waals surface area contributed by atoms with Crippen LogP contribution in [-0.2, 0) is 16.1 Å². The maximum absolute atomic E-state index is 12.3. The molecule has 2 rings (SSSR count). The average Bonchev–Trinajstić information content (AvgIpc) is 3.32. The predicted octanol–water partition coefficient (Wildman–Crippen LogP) is 2.59. The first-order valence-electron chi connectivity index (χ1n) is 8.20. The van der Waals surface area contributed by atoms with E-state index in [2.05, 4.69) is 12.2 Å². The number of nitrogens with zero attached hydrogens (tertiary/aromatic N) is 1. The molecule has 4 heteroatoms. The van der Waals surface area contributed by atoms with Crippen molar-refractivity contribution in [1.29, 1.82) is 0 Å². The maximum atomic E-state index is 12.3. The molecule has 2 atom stereocenters. The Hall–Kier alpha value is -1.84. The Morgan fingerprint density at radius 2 is 1.91 bits per heavy atom. The molecule has 120 valence electrons. The minimum absolute atomic E-state index is 0.0440. The molecule has 0 saturated heterocycles. The molecule has 0 aromatic heterocycles. The number of amides is 2. The van der Waals surface area contributed by atoms with E-state index in [-0.39, 0.29) is 23.7 Å². The molecule has 0 radical (unpaired) electrons. The Morgan fingerprint density at radius 3 is 2.59 bits per heavy atom. The fraction of sp³-hybridized carbons (Fsp3) is 0.556. The van der Waals surface area contributed by atoms with E-state index in [0.717, 1.165) is 31.4 Å². The number of carbonyl (C=O) groups excluding carboxylic acids is 2. The number of benzene rings is 1. The van der Waals surface area contributed by atoms with Gasteiger partial charge in [-0.3, -0.25) is 9.59 Å². The van der Waals surface area contributed by atoms with Crippen molar-refractivity contribution >= 4 is 11.8 Å². The molecule has 1 saturated carbocycles. The monoisotopic (exact) mass is 302 g/mol. The largest absolute Gasteiger partial charge is 0.356 e. The second-order valence-corrected chi connectivity index (χ2v) is 6.13. The molecule has 2 amide bonds. The summed E-state index contributed by atoms with van der Waals surface area (Å²) in [5.41, 5.74) is 1.11. The summed E-state index contributed by atoms with van der Waals surface area (Å²) in [5, 5.41) is 2.94. The zero-order valence-electron chi connectivity index (χ0n) is 13.5. The molecule has 1 aromatic rings.